The standard InChI is InChI=1S/C22H28N4O3/c1-21(2,3)29-20(28)26-10-14-15(11-26)17(14)19(27)25-22(4,5)18-13-8-6-7-9-16(13)23-12-24-18/h6-9,12,14-15,17H,10-11H2,1-5H3,(H,25,27)/t14-,15+,17+. The number of nitrogens with one attached hydrogen (secondary N) is 1. The van der Waals surface area contributed by atoms with Gasteiger partial charge < -0.3 is 15.0 Å². The van der Waals surface area contributed by atoms with E-state index in [4.69, 9.17) is 4.74 Å². The fourth-order valence-electron chi connectivity index (χ4n) is 4.34. The molecular formula is C22H28N4O3. The molecule has 3 atom stereocenters. The van der Waals surface area contributed by atoms with Gasteiger partial charge in [0.05, 0.1) is 16.7 Å². The molecule has 0 spiro atoms. The first-order valence-corrected chi connectivity index (χ1v) is 10.1. The van der Waals surface area contributed by atoms with Gasteiger partial charge >= 0.3 is 6.09 Å². The predicted molar refractivity (Wildman–Crippen MR) is 109 cm³/mol. The minimum atomic E-state index is -0.624. The van der Waals surface area contributed by atoms with Gasteiger partial charge in [0.2, 0.25) is 5.91 Å². The molecule has 1 aliphatic carbocycles. The van der Waals surface area contributed by atoms with Crippen molar-refractivity contribution < 1.29 is 14.3 Å². The van der Waals surface area contributed by atoms with E-state index in [0.29, 0.717) is 13.1 Å². The number of carbonyl (C=O) groups excluding carboxylic acids is 2. The number of ether oxygens (including phenoxy) is 1. The van der Waals surface area contributed by atoms with Crippen LogP contribution < -0.4 is 5.32 Å². The first-order chi connectivity index (χ1) is 13.6. The van der Waals surface area contributed by atoms with Crippen LogP contribution in [-0.4, -0.2) is 45.6 Å². The molecule has 2 amide bonds. The lowest BCUT2D eigenvalue weighted by Gasteiger charge is -2.28. The molecule has 2 fully saturated rings. The van der Waals surface area contributed by atoms with Gasteiger partial charge in [-0.25, -0.2) is 14.8 Å². The summed E-state index contributed by atoms with van der Waals surface area (Å²) in [6, 6.07) is 7.80. The number of hydrogen-bond acceptors (Lipinski definition) is 5. The van der Waals surface area contributed by atoms with E-state index < -0.39 is 11.1 Å². The van der Waals surface area contributed by atoms with Crippen molar-refractivity contribution in [3.05, 3.63) is 36.3 Å². The van der Waals surface area contributed by atoms with Crippen molar-refractivity contribution in [3.8, 4) is 0 Å². The second kappa shape index (κ2) is 6.68. The number of benzene rings is 1. The molecule has 1 aliphatic heterocycles. The van der Waals surface area contributed by atoms with Gasteiger partial charge in [-0.15, -0.1) is 0 Å². The van der Waals surface area contributed by atoms with Crippen LogP contribution in [0.25, 0.3) is 10.9 Å². The van der Waals surface area contributed by atoms with Crippen LogP contribution in [0.3, 0.4) is 0 Å². The summed E-state index contributed by atoms with van der Waals surface area (Å²) in [5.41, 5.74) is 0.528. The summed E-state index contributed by atoms with van der Waals surface area (Å²) in [4.78, 5) is 35.7. The van der Waals surface area contributed by atoms with E-state index in [0.717, 1.165) is 16.6 Å². The summed E-state index contributed by atoms with van der Waals surface area (Å²) >= 11 is 0. The molecule has 7 nitrogen and oxygen atoms in total. The monoisotopic (exact) mass is 396 g/mol. The van der Waals surface area contributed by atoms with E-state index in [-0.39, 0.29) is 29.8 Å². The first kappa shape index (κ1) is 19.6. The Labute approximate surface area is 170 Å². The summed E-state index contributed by atoms with van der Waals surface area (Å²) in [6.45, 7) is 10.7. The molecule has 2 heterocycles. The maximum absolute atomic E-state index is 13.0. The SMILES string of the molecule is CC(C)(C)OC(=O)N1C[C@@H]2[C@H](C1)[C@H]2C(=O)NC(C)(C)c1ncnc2ccccc12. The van der Waals surface area contributed by atoms with Crippen LogP contribution in [0.5, 0.6) is 0 Å². The predicted octanol–water partition coefficient (Wildman–Crippen LogP) is 3.09. The number of hydrogen-bond donors (Lipinski definition) is 1. The molecule has 1 saturated carbocycles. The number of rotatable bonds is 3. The van der Waals surface area contributed by atoms with Crippen LogP contribution in [0.15, 0.2) is 30.6 Å². The van der Waals surface area contributed by atoms with Crippen LogP contribution in [0.4, 0.5) is 4.79 Å². The number of amides is 2. The average Bonchev–Trinajstić information content (AvgIpc) is 3.13. The summed E-state index contributed by atoms with van der Waals surface area (Å²) in [7, 11) is 0. The van der Waals surface area contributed by atoms with E-state index in [1.807, 2.05) is 58.9 Å². The molecule has 0 radical (unpaired) electrons. The van der Waals surface area contributed by atoms with Gasteiger partial charge in [-0.05, 0) is 52.5 Å². The van der Waals surface area contributed by atoms with Crippen molar-refractivity contribution >= 4 is 22.9 Å². The minimum Gasteiger partial charge on any atom is -0.444 e. The second-order valence-corrected chi connectivity index (χ2v) is 9.59. The number of likely N-dealkylation sites (tertiary alicyclic amines) is 1. The fourth-order valence-corrected chi connectivity index (χ4v) is 4.34. The molecule has 1 aromatic carbocycles. The van der Waals surface area contributed by atoms with Crippen LogP contribution in [0.1, 0.15) is 40.3 Å². The molecule has 2 aromatic rings. The third-order valence-electron chi connectivity index (χ3n) is 5.72. The van der Waals surface area contributed by atoms with Crippen molar-refractivity contribution in [2.75, 3.05) is 13.1 Å². The van der Waals surface area contributed by atoms with Gasteiger partial charge in [-0.3, -0.25) is 4.79 Å². The van der Waals surface area contributed by atoms with Crippen molar-refractivity contribution in [1.82, 2.24) is 20.2 Å². The zero-order chi connectivity index (χ0) is 21.0. The Balaban J connectivity index is 1.41. The Morgan fingerprint density at radius 2 is 1.72 bits per heavy atom. The van der Waals surface area contributed by atoms with Gasteiger partial charge in [0.1, 0.15) is 11.9 Å². The summed E-state index contributed by atoms with van der Waals surface area (Å²) in [5.74, 6) is 0.388. The molecule has 0 unspecified atom stereocenters. The maximum atomic E-state index is 13.0. The number of fused-ring (bicyclic) bond motifs is 2. The number of carbonyl (C=O) groups is 2. The minimum absolute atomic E-state index is 0.0246. The number of piperidine rings is 1. The molecule has 0 bridgehead atoms. The highest BCUT2D eigenvalue weighted by Crippen LogP contribution is 2.52. The van der Waals surface area contributed by atoms with Gasteiger partial charge in [-0.2, -0.15) is 0 Å². The van der Waals surface area contributed by atoms with Crippen LogP contribution >= 0.6 is 0 Å². The lowest BCUT2D eigenvalue weighted by molar-refractivity contribution is -0.125. The average molecular weight is 396 g/mol. The zero-order valence-electron chi connectivity index (χ0n) is 17.6. The number of aromatic nitrogens is 2. The van der Waals surface area contributed by atoms with E-state index in [1.54, 1.807) is 4.90 Å². The molecule has 4 rings (SSSR count). The van der Waals surface area contributed by atoms with Crippen LogP contribution in [-0.2, 0) is 15.1 Å². The normalized spacial score (nSPS) is 23.6. The zero-order valence-corrected chi connectivity index (χ0v) is 17.6. The lowest BCUT2D eigenvalue weighted by atomic mass is 9.95. The van der Waals surface area contributed by atoms with E-state index in [9.17, 15) is 9.59 Å². The van der Waals surface area contributed by atoms with Gasteiger partial charge in [-0.1, -0.05) is 18.2 Å². The van der Waals surface area contributed by atoms with E-state index in [2.05, 4.69) is 15.3 Å². The first-order valence-electron chi connectivity index (χ1n) is 10.1. The summed E-state index contributed by atoms with van der Waals surface area (Å²) in [6.07, 6.45) is 1.24. The van der Waals surface area contributed by atoms with Gasteiger partial charge in [0, 0.05) is 24.4 Å². The molecule has 2 aliphatic rings. The molecule has 1 aromatic heterocycles. The van der Waals surface area contributed by atoms with E-state index >= 15 is 0 Å². The molecule has 7 heteroatoms. The molecule has 154 valence electrons. The van der Waals surface area contributed by atoms with Crippen molar-refractivity contribution in [1.29, 1.82) is 0 Å². The fraction of sp³-hybridized carbons (Fsp3) is 0.545. The summed E-state index contributed by atoms with van der Waals surface area (Å²) < 4.78 is 5.44. The van der Waals surface area contributed by atoms with Crippen molar-refractivity contribution in [2.45, 2.75) is 45.8 Å². The van der Waals surface area contributed by atoms with Gasteiger partial charge in [0.25, 0.3) is 0 Å². The Hall–Kier alpha value is -2.70. The van der Waals surface area contributed by atoms with Gasteiger partial charge in [0.15, 0.2) is 0 Å². The lowest BCUT2D eigenvalue weighted by Crippen LogP contribution is -2.44. The Morgan fingerprint density at radius 1 is 1.07 bits per heavy atom. The highest BCUT2D eigenvalue weighted by atomic mass is 16.6. The topological polar surface area (TPSA) is 84.4 Å². The van der Waals surface area contributed by atoms with Crippen molar-refractivity contribution in [2.24, 2.45) is 17.8 Å². The van der Waals surface area contributed by atoms with Crippen molar-refractivity contribution in [3.63, 3.8) is 0 Å². The highest BCUT2D eigenvalue weighted by Gasteiger charge is 2.61. The largest absolute Gasteiger partial charge is 0.444 e. The van der Waals surface area contributed by atoms with E-state index in [1.165, 1.54) is 6.33 Å². The molecule has 1 N–H and O–H groups in total. The highest BCUT2D eigenvalue weighted by molar-refractivity contribution is 5.86. The maximum Gasteiger partial charge on any atom is 0.410 e. The van der Waals surface area contributed by atoms with Crippen LogP contribution in [0.2, 0.25) is 0 Å². The summed E-state index contributed by atoms with van der Waals surface area (Å²) in [5, 5.41) is 4.11. The van der Waals surface area contributed by atoms with Crippen LogP contribution in [0, 0.1) is 17.8 Å². The molecular weight excluding hydrogens is 368 g/mol. The quantitative estimate of drug-likeness (QED) is 0.862. The smallest absolute Gasteiger partial charge is 0.410 e. The Morgan fingerprint density at radius 3 is 2.38 bits per heavy atom. The number of para-hydroxylation sites is 1. The third-order valence-corrected chi connectivity index (χ3v) is 5.72. The third kappa shape index (κ3) is 3.78. The molecule has 1 saturated heterocycles. The Kier molecular flexibility index (Phi) is 4.52. The number of nitrogens with zero attached hydrogens (tertiary/aromatic N) is 3. The molecule has 29 heavy (non-hydrogen) atoms. The Bertz CT molecular complexity index is 949. The second-order valence-electron chi connectivity index (χ2n) is 9.59.